The summed E-state index contributed by atoms with van der Waals surface area (Å²) in [4.78, 5) is 9.79. The van der Waals surface area contributed by atoms with Crippen LogP contribution in [0.25, 0.3) is 0 Å². The van der Waals surface area contributed by atoms with Crippen LogP contribution < -0.4 is 9.83 Å². The summed E-state index contributed by atoms with van der Waals surface area (Å²) < 4.78 is 16.9. The van der Waals surface area contributed by atoms with Gasteiger partial charge in [0.15, 0.2) is 11.5 Å². The number of hydrogen-bond donors (Lipinski definition) is 2. The van der Waals surface area contributed by atoms with Gasteiger partial charge in [0.05, 0.1) is 5.30 Å². The van der Waals surface area contributed by atoms with Gasteiger partial charge in [-0.15, -0.1) is 0 Å². The summed E-state index contributed by atoms with van der Waals surface area (Å²) in [6.45, 7) is 0. The van der Waals surface area contributed by atoms with Crippen LogP contribution in [0.2, 0.25) is 0 Å². The molecule has 0 aliphatic heterocycles. The van der Waals surface area contributed by atoms with Gasteiger partial charge in [0.2, 0.25) is 0 Å². The Morgan fingerprint density at radius 1 is 0.941 bits per heavy atom. The third-order valence-corrected chi connectivity index (χ3v) is 3.56. The minimum absolute atomic E-state index is 0.0119. The van der Waals surface area contributed by atoms with Crippen LogP contribution in [0.5, 0.6) is 11.5 Å². The summed E-state index contributed by atoms with van der Waals surface area (Å²) in [5.74, 6) is -0.181. The number of phenols is 1. The van der Waals surface area contributed by atoms with Crippen molar-refractivity contribution in [3.63, 3.8) is 0 Å². The predicted molar refractivity (Wildman–Crippen MR) is 64.6 cm³/mol. The van der Waals surface area contributed by atoms with E-state index in [9.17, 15) is 14.6 Å². The van der Waals surface area contributed by atoms with E-state index >= 15 is 0 Å². The molecule has 2 aromatic carbocycles. The number of para-hydroxylation sites is 2. The fraction of sp³-hybridized carbons (Fsp3) is 0. The molecule has 0 radical (unpaired) electrons. The van der Waals surface area contributed by atoms with Crippen LogP contribution in [-0.4, -0.2) is 10.00 Å². The molecule has 0 aliphatic rings. The van der Waals surface area contributed by atoms with Crippen LogP contribution in [0.3, 0.4) is 0 Å². The highest BCUT2D eigenvalue weighted by atomic mass is 31.2. The van der Waals surface area contributed by atoms with Crippen LogP contribution in [0.1, 0.15) is 0 Å². The van der Waals surface area contributed by atoms with E-state index in [0.717, 1.165) is 0 Å². The Labute approximate surface area is 98.7 Å². The zero-order chi connectivity index (χ0) is 12.3. The Hall–Kier alpha value is -1.77. The average Bonchev–Trinajstić information content (AvgIpc) is 2.33. The molecule has 0 fully saturated rings. The predicted octanol–water partition coefficient (Wildman–Crippen LogP) is 2.28. The Morgan fingerprint density at radius 3 is 2.18 bits per heavy atom. The van der Waals surface area contributed by atoms with E-state index in [1.807, 2.05) is 0 Å². The second-order valence-corrected chi connectivity index (χ2v) is 5.15. The van der Waals surface area contributed by atoms with Crippen LogP contribution >= 0.6 is 7.60 Å². The number of benzene rings is 2. The molecule has 1 atom stereocenters. The van der Waals surface area contributed by atoms with Crippen molar-refractivity contribution in [1.82, 2.24) is 0 Å². The van der Waals surface area contributed by atoms with E-state index in [0.29, 0.717) is 0 Å². The average molecular weight is 250 g/mol. The summed E-state index contributed by atoms with van der Waals surface area (Å²) in [6, 6.07) is 14.1. The first-order chi connectivity index (χ1) is 8.09. The fourth-order valence-corrected chi connectivity index (χ4v) is 2.41. The lowest BCUT2D eigenvalue weighted by Gasteiger charge is -2.14. The third-order valence-electron chi connectivity index (χ3n) is 2.17. The molecule has 0 heterocycles. The SMILES string of the molecule is O=P(O)(Oc1ccccc1O)c1ccccc1. The zero-order valence-corrected chi connectivity index (χ0v) is 9.75. The first-order valence-corrected chi connectivity index (χ1v) is 6.53. The van der Waals surface area contributed by atoms with E-state index in [1.54, 1.807) is 30.3 Å². The second kappa shape index (κ2) is 4.62. The third kappa shape index (κ3) is 2.67. The lowest BCUT2D eigenvalue weighted by atomic mass is 10.3. The first kappa shape index (κ1) is 11.7. The van der Waals surface area contributed by atoms with Gasteiger partial charge in [0.25, 0.3) is 0 Å². The van der Waals surface area contributed by atoms with Gasteiger partial charge in [-0.1, -0.05) is 30.3 Å². The molecule has 2 aromatic rings. The summed E-state index contributed by atoms with van der Waals surface area (Å²) in [6.07, 6.45) is 0. The van der Waals surface area contributed by atoms with E-state index in [-0.39, 0.29) is 16.8 Å². The normalized spacial score (nSPS) is 13.9. The van der Waals surface area contributed by atoms with E-state index in [1.165, 1.54) is 24.3 Å². The molecule has 17 heavy (non-hydrogen) atoms. The maximum absolute atomic E-state index is 12.0. The molecule has 0 amide bonds. The van der Waals surface area contributed by atoms with Gasteiger partial charge in [-0.2, -0.15) is 0 Å². The Bertz CT molecular complexity index is 553. The van der Waals surface area contributed by atoms with Crippen molar-refractivity contribution in [2.24, 2.45) is 0 Å². The van der Waals surface area contributed by atoms with Gasteiger partial charge in [-0.25, -0.2) is 4.57 Å². The monoisotopic (exact) mass is 250 g/mol. The van der Waals surface area contributed by atoms with Crippen molar-refractivity contribution in [3.8, 4) is 11.5 Å². The van der Waals surface area contributed by atoms with E-state index < -0.39 is 7.60 Å². The van der Waals surface area contributed by atoms with E-state index in [4.69, 9.17) is 4.52 Å². The minimum Gasteiger partial charge on any atom is -0.504 e. The molecule has 5 heteroatoms. The van der Waals surface area contributed by atoms with Crippen LogP contribution in [0.15, 0.2) is 54.6 Å². The highest BCUT2D eigenvalue weighted by Crippen LogP contribution is 2.44. The first-order valence-electron chi connectivity index (χ1n) is 4.95. The summed E-state index contributed by atoms with van der Waals surface area (Å²) in [5, 5.41) is 9.65. The van der Waals surface area contributed by atoms with Crippen molar-refractivity contribution >= 4 is 12.9 Å². The molecule has 0 aliphatic carbocycles. The number of hydrogen-bond acceptors (Lipinski definition) is 3. The molecule has 0 bridgehead atoms. The van der Waals surface area contributed by atoms with Gasteiger partial charge in [0, 0.05) is 0 Å². The van der Waals surface area contributed by atoms with Crippen molar-refractivity contribution in [1.29, 1.82) is 0 Å². The molecular formula is C12H11O4P. The van der Waals surface area contributed by atoms with Crippen molar-refractivity contribution in [2.45, 2.75) is 0 Å². The molecule has 2 N–H and O–H groups in total. The van der Waals surface area contributed by atoms with Crippen LogP contribution in [0, 0.1) is 0 Å². The molecule has 4 nitrogen and oxygen atoms in total. The molecule has 1 unspecified atom stereocenters. The lowest BCUT2D eigenvalue weighted by Crippen LogP contribution is -2.08. The molecular weight excluding hydrogens is 239 g/mol. The standard InChI is InChI=1S/C12H11O4P/c13-11-8-4-5-9-12(11)16-17(14,15)10-6-2-1-3-7-10/h1-9,13H,(H,14,15). The molecule has 0 saturated carbocycles. The Kier molecular flexibility index (Phi) is 3.18. The van der Waals surface area contributed by atoms with Crippen molar-refractivity contribution in [2.75, 3.05) is 0 Å². The van der Waals surface area contributed by atoms with Crippen molar-refractivity contribution in [3.05, 3.63) is 54.6 Å². The molecule has 0 aromatic heterocycles. The van der Waals surface area contributed by atoms with Gasteiger partial charge in [-0.3, -0.25) is 0 Å². The summed E-state index contributed by atoms with van der Waals surface area (Å²) in [5.41, 5.74) is 0. The molecule has 0 spiro atoms. The summed E-state index contributed by atoms with van der Waals surface area (Å²) >= 11 is 0. The molecule has 88 valence electrons. The van der Waals surface area contributed by atoms with Crippen LogP contribution in [-0.2, 0) is 4.57 Å². The van der Waals surface area contributed by atoms with Gasteiger partial charge in [-0.05, 0) is 24.3 Å². The molecule has 2 rings (SSSR count). The van der Waals surface area contributed by atoms with Crippen LogP contribution in [0.4, 0.5) is 0 Å². The number of aromatic hydroxyl groups is 1. The maximum atomic E-state index is 12.0. The summed E-state index contributed by atoms with van der Waals surface area (Å²) in [7, 11) is -3.95. The van der Waals surface area contributed by atoms with Gasteiger partial charge < -0.3 is 14.5 Å². The molecule has 0 saturated heterocycles. The van der Waals surface area contributed by atoms with Gasteiger partial charge in [0.1, 0.15) is 0 Å². The highest BCUT2D eigenvalue weighted by Gasteiger charge is 2.24. The minimum atomic E-state index is -3.95. The zero-order valence-electron chi connectivity index (χ0n) is 8.85. The van der Waals surface area contributed by atoms with Gasteiger partial charge >= 0.3 is 7.60 Å². The van der Waals surface area contributed by atoms with Crippen molar-refractivity contribution < 1.29 is 19.1 Å². The lowest BCUT2D eigenvalue weighted by molar-refractivity contribution is 0.376. The van der Waals surface area contributed by atoms with E-state index in [2.05, 4.69) is 0 Å². The smallest absolute Gasteiger partial charge is 0.408 e. The fourth-order valence-electron chi connectivity index (χ4n) is 1.34. The largest absolute Gasteiger partial charge is 0.504 e. The Balaban J connectivity index is 2.30. The Morgan fingerprint density at radius 2 is 1.53 bits per heavy atom. The number of rotatable bonds is 3. The second-order valence-electron chi connectivity index (χ2n) is 3.41. The number of phenolic OH excluding ortho intramolecular Hbond substituents is 1. The maximum Gasteiger partial charge on any atom is 0.408 e. The topological polar surface area (TPSA) is 66.8 Å². The quantitative estimate of drug-likeness (QED) is 0.820. The highest BCUT2D eigenvalue weighted by molar-refractivity contribution is 7.61.